The highest BCUT2D eigenvalue weighted by Crippen LogP contribution is 2.35. The van der Waals surface area contributed by atoms with Crippen LogP contribution in [0.4, 0.5) is 5.69 Å². The first kappa shape index (κ1) is 16.1. The second-order valence-electron chi connectivity index (χ2n) is 5.37. The predicted octanol–water partition coefficient (Wildman–Crippen LogP) is 2.68. The summed E-state index contributed by atoms with van der Waals surface area (Å²) in [6, 6.07) is 1.82. The lowest BCUT2D eigenvalue weighted by atomic mass is 10.2. The second kappa shape index (κ2) is 6.25. The van der Waals surface area contributed by atoms with Gasteiger partial charge in [0.1, 0.15) is 5.65 Å². The van der Waals surface area contributed by atoms with Crippen molar-refractivity contribution in [3.63, 3.8) is 0 Å². The number of nitrogens with zero attached hydrogens (tertiary/aromatic N) is 2. The van der Waals surface area contributed by atoms with Crippen LogP contribution in [0.15, 0.2) is 6.07 Å². The SMILES string of the molecule is CCOC(=O)c1c(OC(C)C)c2cc(N)c(CC)nc2n1C. The van der Waals surface area contributed by atoms with Crippen LogP contribution in [0.3, 0.4) is 0 Å². The Kier molecular flexibility index (Phi) is 4.59. The van der Waals surface area contributed by atoms with Crippen LogP contribution in [0.1, 0.15) is 43.9 Å². The fraction of sp³-hybridized carbons (Fsp3) is 0.500. The number of pyridine rings is 1. The number of ether oxygens (including phenoxy) is 2. The van der Waals surface area contributed by atoms with E-state index in [1.807, 2.05) is 26.8 Å². The molecule has 0 aliphatic carbocycles. The zero-order chi connectivity index (χ0) is 16.4. The van der Waals surface area contributed by atoms with Crippen LogP contribution in [0.5, 0.6) is 5.75 Å². The number of anilines is 1. The van der Waals surface area contributed by atoms with Crippen LogP contribution in [0.25, 0.3) is 11.0 Å². The molecule has 2 aromatic rings. The van der Waals surface area contributed by atoms with Gasteiger partial charge < -0.3 is 19.8 Å². The van der Waals surface area contributed by atoms with E-state index in [1.54, 1.807) is 18.5 Å². The number of carbonyl (C=O) groups excluding carboxylic acids is 1. The van der Waals surface area contributed by atoms with Gasteiger partial charge in [-0.25, -0.2) is 9.78 Å². The fourth-order valence-corrected chi connectivity index (χ4v) is 2.43. The van der Waals surface area contributed by atoms with Crippen LogP contribution in [-0.2, 0) is 18.2 Å². The molecule has 0 spiro atoms. The van der Waals surface area contributed by atoms with E-state index in [4.69, 9.17) is 15.2 Å². The molecule has 0 saturated heterocycles. The molecule has 0 fully saturated rings. The monoisotopic (exact) mass is 305 g/mol. The molecule has 6 heteroatoms. The molecule has 2 heterocycles. The summed E-state index contributed by atoms with van der Waals surface area (Å²) in [5.74, 6) is 0.0584. The lowest BCUT2D eigenvalue weighted by Gasteiger charge is -2.11. The molecule has 0 aromatic carbocycles. The van der Waals surface area contributed by atoms with E-state index in [0.717, 1.165) is 17.5 Å². The summed E-state index contributed by atoms with van der Waals surface area (Å²) in [6.45, 7) is 7.88. The Balaban J connectivity index is 2.75. The third kappa shape index (κ3) is 2.73. The van der Waals surface area contributed by atoms with Gasteiger partial charge in [-0.1, -0.05) is 6.92 Å². The van der Waals surface area contributed by atoms with Crippen molar-refractivity contribution in [3.05, 3.63) is 17.5 Å². The number of fused-ring (bicyclic) bond motifs is 1. The zero-order valence-electron chi connectivity index (χ0n) is 13.8. The third-order valence-electron chi connectivity index (χ3n) is 3.38. The van der Waals surface area contributed by atoms with E-state index in [2.05, 4.69) is 4.98 Å². The number of nitrogens with two attached hydrogens (primary N) is 1. The summed E-state index contributed by atoms with van der Waals surface area (Å²) in [7, 11) is 1.78. The number of hydrogen-bond donors (Lipinski definition) is 1. The van der Waals surface area contributed by atoms with Crippen molar-refractivity contribution in [1.29, 1.82) is 0 Å². The lowest BCUT2D eigenvalue weighted by Crippen LogP contribution is -2.14. The minimum Gasteiger partial charge on any atom is -0.488 e. The first-order valence-electron chi connectivity index (χ1n) is 7.52. The number of nitrogen functional groups attached to an aromatic ring is 1. The number of aryl methyl sites for hydroxylation is 2. The largest absolute Gasteiger partial charge is 0.488 e. The summed E-state index contributed by atoms with van der Waals surface area (Å²) in [6.07, 6.45) is 0.646. The quantitative estimate of drug-likeness (QED) is 0.859. The molecule has 0 unspecified atom stereocenters. The van der Waals surface area contributed by atoms with Gasteiger partial charge in [-0.2, -0.15) is 0 Å². The third-order valence-corrected chi connectivity index (χ3v) is 3.38. The van der Waals surface area contributed by atoms with Crippen molar-refractivity contribution in [2.75, 3.05) is 12.3 Å². The van der Waals surface area contributed by atoms with E-state index >= 15 is 0 Å². The molecule has 0 saturated carbocycles. The first-order valence-corrected chi connectivity index (χ1v) is 7.52. The Bertz CT molecular complexity index is 704. The smallest absolute Gasteiger partial charge is 0.358 e. The normalized spacial score (nSPS) is 11.2. The topological polar surface area (TPSA) is 79.4 Å². The van der Waals surface area contributed by atoms with Gasteiger partial charge >= 0.3 is 5.97 Å². The van der Waals surface area contributed by atoms with Crippen molar-refractivity contribution < 1.29 is 14.3 Å². The molecule has 6 nitrogen and oxygen atoms in total. The standard InChI is InChI=1S/C16H23N3O3/c1-6-12-11(17)8-10-14(22-9(3)4)13(16(20)21-7-2)19(5)15(10)18-12/h8-9H,6-7,17H2,1-5H3. The molecule has 0 radical (unpaired) electrons. The molecular weight excluding hydrogens is 282 g/mol. The fourth-order valence-electron chi connectivity index (χ4n) is 2.43. The van der Waals surface area contributed by atoms with E-state index in [0.29, 0.717) is 29.4 Å². The van der Waals surface area contributed by atoms with E-state index in [1.165, 1.54) is 0 Å². The lowest BCUT2D eigenvalue weighted by molar-refractivity contribution is 0.0509. The maximum Gasteiger partial charge on any atom is 0.358 e. The van der Waals surface area contributed by atoms with E-state index in [9.17, 15) is 4.79 Å². The predicted molar refractivity (Wildman–Crippen MR) is 86.2 cm³/mol. The molecule has 2 rings (SSSR count). The Hall–Kier alpha value is -2.24. The highest BCUT2D eigenvalue weighted by atomic mass is 16.5. The van der Waals surface area contributed by atoms with Gasteiger partial charge in [0.15, 0.2) is 11.4 Å². The minimum absolute atomic E-state index is 0.0779. The van der Waals surface area contributed by atoms with Crippen molar-refractivity contribution in [2.24, 2.45) is 7.05 Å². The number of hydrogen-bond acceptors (Lipinski definition) is 5. The highest BCUT2D eigenvalue weighted by molar-refractivity contribution is 6.01. The van der Waals surface area contributed by atoms with E-state index in [-0.39, 0.29) is 6.10 Å². The van der Waals surface area contributed by atoms with Gasteiger partial charge in [-0.3, -0.25) is 0 Å². The maximum absolute atomic E-state index is 12.3. The molecule has 0 aliphatic heterocycles. The highest BCUT2D eigenvalue weighted by Gasteiger charge is 2.26. The Labute approximate surface area is 130 Å². The van der Waals surface area contributed by atoms with Gasteiger partial charge in [0.2, 0.25) is 0 Å². The maximum atomic E-state index is 12.3. The van der Waals surface area contributed by atoms with Gasteiger partial charge in [0.25, 0.3) is 0 Å². The average Bonchev–Trinajstić information content (AvgIpc) is 2.70. The van der Waals surface area contributed by atoms with Gasteiger partial charge in [-0.05, 0) is 33.3 Å². The number of carbonyl (C=O) groups is 1. The van der Waals surface area contributed by atoms with Crippen LogP contribution >= 0.6 is 0 Å². The molecule has 0 bridgehead atoms. The number of esters is 1. The summed E-state index contributed by atoms with van der Waals surface area (Å²) >= 11 is 0. The van der Waals surface area contributed by atoms with Crippen LogP contribution in [0.2, 0.25) is 0 Å². The van der Waals surface area contributed by atoms with Crippen molar-refractivity contribution in [1.82, 2.24) is 9.55 Å². The Morgan fingerprint density at radius 1 is 1.41 bits per heavy atom. The molecular formula is C16H23N3O3. The van der Waals surface area contributed by atoms with Crippen molar-refractivity contribution in [2.45, 2.75) is 40.2 Å². The Morgan fingerprint density at radius 3 is 2.64 bits per heavy atom. The summed E-state index contributed by atoms with van der Waals surface area (Å²) < 4.78 is 12.7. The molecule has 0 aliphatic rings. The average molecular weight is 305 g/mol. The van der Waals surface area contributed by atoms with Crippen molar-refractivity contribution in [3.8, 4) is 5.75 Å². The minimum atomic E-state index is -0.421. The van der Waals surface area contributed by atoms with E-state index < -0.39 is 5.97 Å². The van der Waals surface area contributed by atoms with Gasteiger partial charge in [-0.15, -0.1) is 0 Å². The molecule has 2 aromatic heterocycles. The van der Waals surface area contributed by atoms with Crippen molar-refractivity contribution >= 4 is 22.7 Å². The summed E-state index contributed by atoms with van der Waals surface area (Å²) in [5.41, 5.74) is 8.49. The molecule has 0 amide bonds. The van der Waals surface area contributed by atoms with Gasteiger partial charge in [0, 0.05) is 7.05 Å². The molecule has 0 atom stereocenters. The van der Waals surface area contributed by atoms with Crippen LogP contribution < -0.4 is 10.5 Å². The number of aromatic nitrogens is 2. The van der Waals surface area contributed by atoms with Crippen LogP contribution in [-0.4, -0.2) is 28.2 Å². The first-order chi connectivity index (χ1) is 10.4. The van der Waals surface area contributed by atoms with Gasteiger partial charge in [0.05, 0.1) is 29.5 Å². The summed E-state index contributed by atoms with van der Waals surface area (Å²) in [5, 5.41) is 0.731. The molecule has 2 N–H and O–H groups in total. The zero-order valence-corrected chi connectivity index (χ0v) is 13.8. The number of rotatable bonds is 5. The Morgan fingerprint density at radius 2 is 2.09 bits per heavy atom. The molecule has 22 heavy (non-hydrogen) atoms. The van der Waals surface area contributed by atoms with Crippen LogP contribution in [0, 0.1) is 0 Å². The summed E-state index contributed by atoms with van der Waals surface area (Å²) in [4.78, 5) is 16.9. The second-order valence-corrected chi connectivity index (χ2v) is 5.37. The molecule has 120 valence electrons.